The smallest absolute Gasteiger partial charge is 0.259 e. The molecule has 0 fully saturated rings. The minimum atomic E-state index is -0.562. The molecule has 130 valence electrons. The van der Waals surface area contributed by atoms with E-state index in [9.17, 15) is 9.18 Å². The fraction of sp³-hybridized carbons (Fsp3) is 0.444. The summed E-state index contributed by atoms with van der Waals surface area (Å²) in [5, 5.41) is 7.43. The van der Waals surface area contributed by atoms with Crippen molar-refractivity contribution in [2.75, 3.05) is 5.32 Å². The zero-order valence-electron chi connectivity index (χ0n) is 14.9. The Bertz CT molecular complexity index is 770. The van der Waals surface area contributed by atoms with Crippen LogP contribution < -0.4 is 5.32 Å². The van der Waals surface area contributed by atoms with Gasteiger partial charge in [0.25, 0.3) is 5.91 Å². The lowest BCUT2D eigenvalue weighted by Gasteiger charge is -2.23. The highest BCUT2D eigenvalue weighted by Gasteiger charge is 2.26. The Labute approximate surface area is 150 Å². The van der Waals surface area contributed by atoms with Crippen molar-refractivity contribution < 1.29 is 9.18 Å². The van der Waals surface area contributed by atoms with E-state index < -0.39 is 11.7 Å². The van der Waals surface area contributed by atoms with E-state index >= 15 is 0 Å². The van der Waals surface area contributed by atoms with Gasteiger partial charge in [0, 0.05) is 16.0 Å². The molecule has 1 amide bonds. The van der Waals surface area contributed by atoms with Crippen LogP contribution in [-0.2, 0) is 11.0 Å². The van der Waals surface area contributed by atoms with Crippen molar-refractivity contribution in [1.29, 1.82) is 0 Å². The maximum absolute atomic E-state index is 13.9. The van der Waals surface area contributed by atoms with E-state index in [1.165, 1.54) is 12.1 Å². The van der Waals surface area contributed by atoms with E-state index in [2.05, 4.69) is 47.1 Å². The zero-order valence-corrected chi connectivity index (χ0v) is 16.5. The maximum Gasteiger partial charge on any atom is 0.259 e. The third kappa shape index (κ3) is 4.04. The number of hydrogen-bond acceptors (Lipinski definition) is 2. The molecular formula is C18H23BrFN3O. The Morgan fingerprint density at radius 3 is 2.33 bits per heavy atom. The molecule has 1 aromatic carbocycles. The van der Waals surface area contributed by atoms with Gasteiger partial charge < -0.3 is 5.32 Å². The Balaban J connectivity index is 2.43. The molecule has 1 heterocycles. The Kier molecular flexibility index (Phi) is 4.91. The Morgan fingerprint density at radius 1 is 1.17 bits per heavy atom. The summed E-state index contributed by atoms with van der Waals surface area (Å²) in [6.45, 7) is 12.2. The third-order valence-corrected chi connectivity index (χ3v) is 4.02. The molecule has 0 aliphatic carbocycles. The van der Waals surface area contributed by atoms with Crippen molar-refractivity contribution >= 4 is 27.7 Å². The summed E-state index contributed by atoms with van der Waals surface area (Å²) in [6, 6.07) is 6.13. The second kappa shape index (κ2) is 6.31. The maximum atomic E-state index is 13.9. The van der Waals surface area contributed by atoms with Crippen molar-refractivity contribution in [1.82, 2.24) is 9.78 Å². The fourth-order valence-electron chi connectivity index (χ4n) is 2.20. The second-order valence-corrected chi connectivity index (χ2v) is 8.74. The molecule has 0 aliphatic heterocycles. The van der Waals surface area contributed by atoms with Crippen molar-refractivity contribution in [3.05, 3.63) is 45.8 Å². The zero-order chi connectivity index (χ0) is 18.3. The molecule has 0 bridgehead atoms. The van der Waals surface area contributed by atoms with Crippen LogP contribution in [0.4, 0.5) is 10.2 Å². The van der Waals surface area contributed by atoms with Gasteiger partial charge in [-0.25, -0.2) is 9.07 Å². The molecule has 0 atom stereocenters. The van der Waals surface area contributed by atoms with Crippen LogP contribution in [0.1, 0.15) is 57.6 Å². The molecule has 1 N–H and O–H groups in total. The van der Waals surface area contributed by atoms with Crippen molar-refractivity contribution in [3.8, 4) is 0 Å². The predicted molar refractivity (Wildman–Crippen MR) is 98.0 cm³/mol. The normalized spacial score (nSPS) is 12.3. The number of carbonyl (C=O) groups is 1. The first-order valence-electron chi connectivity index (χ1n) is 7.77. The number of nitrogens with zero attached hydrogens (tertiary/aromatic N) is 2. The lowest BCUT2D eigenvalue weighted by atomic mass is 9.92. The van der Waals surface area contributed by atoms with E-state index in [4.69, 9.17) is 0 Å². The summed E-state index contributed by atoms with van der Waals surface area (Å²) in [4.78, 5) is 12.5. The van der Waals surface area contributed by atoms with Gasteiger partial charge in [-0.1, -0.05) is 36.7 Å². The molecule has 0 spiro atoms. The fourth-order valence-corrected chi connectivity index (χ4v) is 2.56. The highest BCUT2D eigenvalue weighted by atomic mass is 79.9. The molecule has 6 heteroatoms. The number of aromatic nitrogens is 2. The number of halogens is 2. The molecular weight excluding hydrogens is 373 g/mol. The predicted octanol–water partition coefficient (Wildman–Crippen LogP) is 5.09. The minimum Gasteiger partial charge on any atom is -0.307 e. The average Bonchev–Trinajstić information content (AvgIpc) is 2.85. The van der Waals surface area contributed by atoms with Gasteiger partial charge in [-0.05, 0) is 39.0 Å². The topological polar surface area (TPSA) is 46.9 Å². The molecule has 24 heavy (non-hydrogen) atoms. The van der Waals surface area contributed by atoms with Gasteiger partial charge in [-0.3, -0.25) is 4.79 Å². The summed E-state index contributed by atoms with van der Waals surface area (Å²) in [7, 11) is 0. The van der Waals surface area contributed by atoms with Gasteiger partial charge in [0.2, 0.25) is 0 Å². The molecule has 0 aliphatic rings. The quantitative estimate of drug-likeness (QED) is 0.769. The molecule has 0 saturated heterocycles. The van der Waals surface area contributed by atoms with Crippen molar-refractivity contribution in [2.24, 2.45) is 0 Å². The number of hydrogen-bond donors (Lipinski definition) is 1. The number of benzene rings is 1. The number of carbonyl (C=O) groups excluding carboxylic acids is 1. The van der Waals surface area contributed by atoms with Crippen LogP contribution >= 0.6 is 15.9 Å². The number of nitrogens with one attached hydrogen (secondary N) is 1. The Hall–Kier alpha value is -1.69. The molecule has 4 nitrogen and oxygen atoms in total. The summed E-state index contributed by atoms with van der Waals surface area (Å²) in [5.41, 5.74) is 0.379. The van der Waals surface area contributed by atoms with Gasteiger partial charge in [0.15, 0.2) is 0 Å². The van der Waals surface area contributed by atoms with Crippen LogP contribution in [0.15, 0.2) is 28.7 Å². The summed E-state index contributed by atoms with van der Waals surface area (Å²) >= 11 is 3.26. The van der Waals surface area contributed by atoms with Crippen LogP contribution in [0.5, 0.6) is 0 Å². The minimum absolute atomic E-state index is 0.0108. The van der Waals surface area contributed by atoms with E-state index in [-0.39, 0.29) is 16.5 Å². The Morgan fingerprint density at radius 2 is 1.79 bits per heavy atom. The first-order valence-corrected chi connectivity index (χ1v) is 8.56. The van der Waals surface area contributed by atoms with Crippen LogP contribution in [0.3, 0.4) is 0 Å². The molecule has 0 saturated carbocycles. The van der Waals surface area contributed by atoms with Crippen LogP contribution in [0.2, 0.25) is 0 Å². The van der Waals surface area contributed by atoms with Gasteiger partial charge in [0.05, 0.1) is 16.8 Å². The number of anilines is 1. The van der Waals surface area contributed by atoms with Crippen LogP contribution in [0, 0.1) is 5.82 Å². The van der Waals surface area contributed by atoms with Gasteiger partial charge in [0.1, 0.15) is 11.6 Å². The van der Waals surface area contributed by atoms with Gasteiger partial charge >= 0.3 is 0 Å². The third-order valence-electron chi connectivity index (χ3n) is 3.53. The summed E-state index contributed by atoms with van der Waals surface area (Å²) in [6.07, 6.45) is 0. The highest BCUT2D eigenvalue weighted by molar-refractivity contribution is 9.10. The first-order chi connectivity index (χ1) is 10.9. The molecule has 2 rings (SSSR count). The highest BCUT2D eigenvalue weighted by Crippen LogP contribution is 2.28. The molecule has 0 radical (unpaired) electrons. The van der Waals surface area contributed by atoms with Crippen LogP contribution in [-0.4, -0.2) is 15.7 Å². The monoisotopic (exact) mass is 395 g/mol. The number of amides is 1. The lowest BCUT2D eigenvalue weighted by molar-refractivity contribution is 0.102. The largest absolute Gasteiger partial charge is 0.307 e. The molecule has 0 unspecified atom stereocenters. The van der Waals surface area contributed by atoms with E-state index in [0.29, 0.717) is 10.3 Å². The van der Waals surface area contributed by atoms with Crippen molar-refractivity contribution in [3.63, 3.8) is 0 Å². The van der Waals surface area contributed by atoms with E-state index in [1.807, 2.05) is 26.8 Å². The average molecular weight is 396 g/mol. The standard InChI is InChI=1S/C18H23BrFN3O/c1-17(2,3)14-10-15(23(22-14)18(4,5)6)21-16(24)12-9-11(19)7-8-13(12)20/h7-10H,1-6H3,(H,21,24). The SMILES string of the molecule is CC(C)(C)c1cc(NC(=O)c2cc(Br)ccc2F)n(C(C)(C)C)n1. The summed E-state index contributed by atoms with van der Waals surface area (Å²) in [5.74, 6) is -0.509. The van der Waals surface area contributed by atoms with Gasteiger partial charge in [-0.2, -0.15) is 5.10 Å². The van der Waals surface area contributed by atoms with Gasteiger partial charge in [-0.15, -0.1) is 0 Å². The second-order valence-electron chi connectivity index (χ2n) is 7.83. The first kappa shape index (κ1) is 18.6. The van der Waals surface area contributed by atoms with Crippen molar-refractivity contribution in [2.45, 2.75) is 52.5 Å². The number of rotatable bonds is 2. The summed E-state index contributed by atoms with van der Waals surface area (Å²) < 4.78 is 16.4. The van der Waals surface area contributed by atoms with Crippen LogP contribution in [0.25, 0.3) is 0 Å². The lowest BCUT2D eigenvalue weighted by Crippen LogP contribution is -2.27. The van der Waals surface area contributed by atoms with E-state index in [1.54, 1.807) is 10.7 Å². The molecule has 1 aromatic heterocycles. The van der Waals surface area contributed by atoms with E-state index in [0.717, 1.165) is 5.69 Å². The molecule has 2 aromatic rings.